The van der Waals surface area contributed by atoms with Crippen LogP contribution in [0.25, 0.3) is 11.4 Å². The Kier molecular flexibility index (Phi) is 8.50. The molecule has 0 spiro atoms. The van der Waals surface area contributed by atoms with Gasteiger partial charge in [0, 0.05) is 41.7 Å². The SMILES string of the molecule is CNc1nc(-c2ccccc2)nc(N(C)C2CCC(C(=O)NCc3ccc(I)cc3C(F)(F)F)CC2)n1. The first-order chi connectivity index (χ1) is 17.7. The molecular weight excluding hydrogens is 596 g/mol. The summed E-state index contributed by atoms with van der Waals surface area (Å²) in [5.41, 5.74) is 0.246. The molecule has 0 bridgehead atoms. The van der Waals surface area contributed by atoms with Crippen LogP contribution in [-0.2, 0) is 17.5 Å². The third-order valence-electron chi connectivity index (χ3n) is 6.64. The lowest BCUT2D eigenvalue weighted by Gasteiger charge is -2.34. The highest BCUT2D eigenvalue weighted by Crippen LogP contribution is 2.34. The molecule has 2 aromatic carbocycles. The van der Waals surface area contributed by atoms with Gasteiger partial charge in [-0.1, -0.05) is 36.4 Å². The van der Waals surface area contributed by atoms with Crippen molar-refractivity contribution in [3.63, 3.8) is 0 Å². The molecule has 2 N–H and O–H groups in total. The molecule has 4 rings (SSSR count). The highest BCUT2D eigenvalue weighted by atomic mass is 127. The number of halogens is 4. The molecule has 3 aromatic rings. The monoisotopic (exact) mass is 624 g/mol. The van der Waals surface area contributed by atoms with E-state index in [4.69, 9.17) is 0 Å². The van der Waals surface area contributed by atoms with Crippen LogP contribution in [-0.4, -0.2) is 41.0 Å². The van der Waals surface area contributed by atoms with E-state index in [1.54, 1.807) is 13.1 Å². The summed E-state index contributed by atoms with van der Waals surface area (Å²) in [5, 5.41) is 5.71. The van der Waals surface area contributed by atoms with E-state index in [1.807, 2.05) is 64.9 Å². The first kappa shape index (κ1) is 27.1. The Morgan fingerprint density at radius 1 is 1.05 bits per heavy atom. The number of carbonyl (C=O) groups is 1. The zero-order chi connectivity index (χ0) is 26.6. The predicted molar refractivity (Wildman–Crippen MR) is 145 cm³/mol. The first-order valence-electron chi connectivity index (χ1n) is 12.0. The van der Waals surface area contributed by atoms with Gasteiger partial charge in [0.1, 0.15) is 0 Å². The third kappa shape index (κ3) is 6.68. The van der Waals surface area contributed by atoms with Crippen molar-refractivity contribution in [1.29, 1.82) is 0 Å². The van der Waals surface area contributed by atoms with Crippen LogP contribution in [0.15, 0.2) is 48.5 Å². The van der Waals surface area contributed by atoms with Crippen molar-refractivity contribution < 1.29 is 18.0 Å². The second-order valence-electron chi connectivity index (χ2n) is 9.03. The number of anilines is 2. The Morgan fingerprint density at radius 3 is 2.41 bits per heavy atom. The highest BCUT2D eigenvalue weighted by Gasteiger charge is 2.34. The van der Waals surface area contributed by atoms with Crippen molar-refractivity contribution in [3.8, 4) is 11.4 Å². The molecule has 37 heavy (non-hydrogen) atoms. The number of alkyl halides is 3. The Bertz CT molecular complexity index is 1230. The Labute approximate surface area is 227 Å². The molecule has 1 aliphatic rings. The molecule has 1 aromatic heterocycles. The number of benzene rings is 2. The van der Waals surface area contributed by atoms with Gasteiger partial charge in [0.2, 0.25) is 17.8 Å². The molecule has 1 saturated carbocycles. The van der Waals surface area contributed by atoms with Crippen molar-refractivity contribution in [2.75, 3.05) is 24.3 Å². The van der Waals surface area contributed by atoms with Crippen molar-refractivity contribution in [2.24, 2.45) is 5.92 Å². The van der Waals surface area contributed by atoms with E-state index in [0.717, 1.165) is 24.5 Å². The van der Waals surface area contributed by atoms with Crippen molar-refractivity contribution in [1.82, 2.24) is 20.3 Å². The molecule has 1 aliphatic carbocycles. The molecule has 0 aliphatic heterocycles. The summed E-state index contributed by atoms with van der Waals surface area (Å²) in [7, 11) is 3.69. The van der Waals surface area contributed by atoms with Gasteiger partial charge in [-0.3, -0.25) is 4.79 Å². The molecule has 1 amide bonds. The number of aromatic nitrogens is 3. The largest absolute Gasteiger partial charge is 0.416 e. The molecule has 1 fully saturated rings. The van der Waals surface area contributed by atoms with Gasteiger partial charge in [0.15, 0.2) is 5.82 Å². The summed E-state index contributed by atoms with van der Waals surface area (Å²) in [6.07, 6.45) is -1.71. The number of hydrogen-bond acceptors (Lipinski definition) is 6. The van der Waals surface area contributed by atoms with Gasteiger partial charge in [0.05, 0.1) is 5.56 Å². The molecule has 0 unspecified atom stereocenters. The molecule has 1 heterocycles. The average Bonchev–Trinajstić information content (AvgIpc) is 2.91. The molecule has 11 heteroatoms. The lowest BCUT2D eigenvalue weighted by Crippen LogP contribution is -2.40. The van der Waals surface area contributed by atoms with Gasteiger partial charge in [-0.25, -0.2) is 0 Å². The minimum Gasteiger partial charge on any atom is -0.357 e. The van der Waals surface area contributed by atoms with Gasteiger partial charge in [-0.2, -0.15) is 28.1 Å². The summed E-state index contributed by atoms with van der Waals surface area (Å²) in [5.74, 6) is 1.14. The smallest absolute Gasteiger partial charge is 0.357 e. The topological polar surface area (TPSA) is 83.0 Å². The number of carbonyl (C=O) groups excluding carboxylic acids is 1. The fraction of sp³-hybridized carbons (Fsp3) is 0.385. The van der Waals surface area contributed by atoms with Gasteiger partial charge in [0.25, 0.3) is 0 Å². The highest BCUT2D eigenvalue weighted by molar-refractivity contribution is 14.1. The van der Waals surface area contributed by atoms with E-state index in [0.29, 0.717) is 34.1 Å². The van der Waals surface area contributed by atoms with Crippen LogP contribution in [0.2, 0.25) is 0 Å². The fourth-order valence-corrected chi connectivity index (χ4v) is 5.02. The fourth-order valence-electron chi connectivity index (χ4n) is 4.53. The van der Waals surface area contributed by atoms with Crippen molar-refractivity contribution in [3.05, 3.63) is 63.2 Å². The normalized spacial score (nSPS) is 17.8. The molecule has 7 nitrogen and oxygen atoms in total. The van der Waals surface area contributed by atoms with Gasteiger partial charge >= 0.3 is 6.18 Å². The number of amides is 1. The predicted octanol–water partition coefficient (Wildman–Crippen LogP) is 5.52. The second kappa shape index (κ2) is 11.6. The van der Waals surface area contributed by atoms with Crippen LogP contribution < -0.4 is 15.5 Å². The first-order valence-corrected chi connectivity index (χ1v) is 13.1. The maximum Gasteiger partial charge on any atom is 0.416 e. The number of nitrogens with one attached hydrogen (secondary N) is 2. The molecule has 0 atom stereocenters. The number of hydrogen-bond donors (Lipinski definition) is 2. The standard InChI is InChI=1S/C26H28F3IN6O/c1-31-24-33-22(16-6-4-3-5-7-16)34-25(35-24)36(2)20-12-9-17(10-13-20)23(37)32-15-18-8-11-19(30)14-21(18)26(27,28)29/h3-8,11,14,17,20H,9-10,12-13,15H2,1-2H3,(H,32,37)(H,31,33,34,35). The number of rotatable bonds is 7. The van der Waals surface area contributed by atoms with Gasteiger partial charge in [-0.05, 0) is 66.0 Å². The third-order valence-corrected chi connectivity index (χ3v) is 7.31. The Morgan fingerprint density at radius 2 is 1.76 bits per heavy atom. The van der Waals surface area contributed by atoms with Crippen LogP contribution in [0.1, 0.15) is 36.8 Å². The molecule has 196 valence electrons. The van der Waals surface area contributed by atoms with E-state index in [-0.39, 0.29) is 30.0 Å². The minimum absolute atomic E-state index is 0.0686. The van der Waals surface area contributed by atoms with Crippen molar-refractivity contribution >= 4 is 40.4 Å². The quantitative estimate of drug-likeness (QED) is 0.338. The average molecular weight is 624 g/mol. The van der Waals surface area contributed by atoms with Crippen LogP contribution >= 0.6 is 22.6 Å². The van der Waals surface area contributed by atoms with Gasteiger partial charge in [-0.15, -0.1) is 0 Å². The lowest BCUT2D eigenvalue weighted by molar-refractivity contribution is -0.138. The molecular formula is C26H28F3IN6O. The molecule has 0 radical (unpaired) electrons. The maximum atomic E-state index is 13.4. The zero-order valence-electron chi connectivity index (χ0n) is 20.5. The summed E-state index contributed by atoms with van der Waals surface area (Å²) >= 11 is 1.85. The van der Waals surface area contributed by atoms with Crippen LogP contribution in [0.4, 0.5) is 25.1 Å². The second-order valence-corrected chi connectivity index (χ2v) is 10.3. The van der Waals surface area contributed by atoms with Crippen LogP contribution in [0.3, 0.4) is 0 Å². The summed E-state index contributed by atoms with van der Waals surface area (Å²) in [6, 6.07) is 13.9. The maximum absolute atomic E-state index is 13.4. The Balaban J connectivity index is 1.38. The van der Waals surface area contributed by atoms with Crippen molar-refractivity contribution in [2.45, 2.75) is 44.4 Å². The van der Waals surface area contributed by atoms with Gasteiger partial charge < -0.3 is 15.5 Å². The Hall–Kier alpha value is -2.96. The van der Waals surface area contributed by atoms with E-state index < -0.39 is 11.7 Å². The van der Waals surface area contributed by atoms with E-state index in [1.165, 1.54) is 6.07 Å². The molecule has 0 saturated heterocycles. The van der Waals surface area contributed by atoms with Crippen LogP contribution in [0.5, 0.6) is 0 Å². The summed E-state index contributed by atoms with van der Waals surface area (Å²) in [6.45, 7) is -0.148. The van der Waals surface area contributed by atoms with E-state index in [9.17, 15) is 18.0 Å². The van der Waals surface area contributed by atoms with Crippen LogP contribution in [0, 0.1) is 9.49 Å². The van der Waals surface area contributed by atoms with E-state index >= 15 is 0 Å². The zero-order valence-corrected chi connectivity index (χ0v) is 22.7. The lowest BCUT2D eigenvalue weighted by atomic mass is 9.85. The van der Waals surface area contributed by atoms with E-state index in [2.05, 4.69) is 25.6 Å². The number of nitrogens with zero attached hydrogens (tertiary/aromatic N) is 4. The minimum atomic E-state index is -4.47. The summed E-state index contributed by atoms with van der Waals surface area (Å²) < 4.78 is 40.7. The summed E-state index contributed by atoms with van der Waals surface area (Å²) in [4.78, 5) is 28.5.